The zero-order valence-corrected chi connectivity index (χ0v) is 16.6. The molecule has 152 valence electrons. The Morgan fingerprint density at radius 3 is 2.70 bits per heavy atom. The van der Waals surface area contributed by atoms with Gasteiger partial charge < -0.3 is 19.1 Å². The Balaban J connectivity index is 1.36. The zero-order chi connectivity index (χ0) is 20.8. The molecule has 0 fully saturated rings. The van der Waals surface area contributed by atoms with Crippen LogP contribution in [0, 0.1) is 0 Å². The second-order valence-electron chi connectivity index (χ2n) is 6.71. The van der Waals surface area contributed by atoms with Crippen LogP contribution >= 0.6 is 0 Å². The normalized spacial score (nSPS) is 10.7. The maximum Gasteiger partial charge on any atom is 0.274 e. The first-order chi connectivity index (χ1) is 14.7. The van der Waals surface area contributed by atoms with Gasteiger partial charge in [-0.05, 0) is 18.2 Å². The average Bonchev–Trinajstić information content (AvgIpc) is 3.44. The highest BCUT2D eigenvalue weighted by molar-refractivity contribution is 5.79. The molecule has 0 bridgehead atoms. The molecule has 4 rings (SSSR count). The van der Waals surface area contributed by atoms with Crippen molar-refractivity contribution >= 4 is 5.91 Å². The van der Waals surface area contributed by atoms with Gasteiger partial charge in [0.1, 0.15) is 11.4 Å². The fourth-order valence-corrected chi connectivity index (χ4v) is 3.24. The van der Waals surface area contributed by atoms with Gasteiger partial charge in [-0.1, -0.05) is 53.7 Å². The van der Waals surface area contributed by atoms with Crippen LogP contribution in [0.4, 0.5) is 0 Å². The topological polar surface area (TPSA) is 82.2 Å². The minimum absolute atomic E-state index is 0.0580. The molecule has 2 aromatic heterocycles. The molecule has 4 aromatic rings. The first-order valence-electron chi connectivity index (χ1n) is 9.68. The molecule has 0 atom stereocenters. The summed E-state index contributed by atoms with van der Waals surface area (Å²) in [6.45, 7) is 1.07. The van der Waals surface area contributed by atoms with Gasteiger partial charge >= 0.3 is 0 Å². The number of nitrogens with one attached hydrogen (secondary N) is 1. The van der Waals surface area contributed by atoms with Gasteiger partial charge in [0.05, 0.1) is 13.5 Å². The van der Waals surface area contributed by atoms with Gasteiger partial charge in [-0.25, -0.2) is 0 Å². The number of hydrogen-bond acceptors (Lipinski definition) is 5. The van der Waals surface area contributed by atoms with Crippen molar-refractivity contribution in [3.8, 4) is 28.7 Å². The Hall–Kier alpha value is -3.87. The van der Waals surface area contributed by atoms with Crippen LogP contribution in [0.3, 0.4) is 0 Å². The highest BCUT2D eigenvalue weighted by Gasteiger charge is 2.14. The van der Waals surface area contributed by atoms with Crippen LogP contribution in [-0.2, 0) is 17.8 Å². The molecule has 2 aromatic carbocycles. The molecular formula is C23H22N4O3. The van der Waals surface area contributed by atoms with Crippen molar-refractivity contribution in [2.75, 3.05) is 13.7 Å². The van der Waals surface area contributed by atoms with E-state index in [4.69, 9.17) is 9.26 Å². The fraction of sp³-hybridized carbons (Fsp3) is 0.174. The van der Waals surface area contributed by atoms with E-state index in [1.54, 1.807) is 7.11 Å². The molecule has 1 N–H and O–H groups in total. The molecule has 7 nitrogen and oxygen atoms in total. The number of hydrogen-bond donors (Lipinski definition) is 1. The summed E-state index contributed by atoms with van der Waals surface area (Å²) in [6.07, 6.45) is 2.20. The molecule has 0 aliphatic carbocycles. The molecule has 1 amide bonds. The molecule has 0 spiro atoms. The number of ether oxygens (including phenoxy) is 1. The Bertz CT molecular complexity index is 1120. The summed E-state index contributed by atoms with van der Waals surface area (Å²) in [5.74, 6) is 1.64. The molecule has 0 aliphatic rings. The van der Waals surface area contributed by atoms with E-state index in [9.17, 15) is 4.79 Å². The van der Waals surface area contributed by atoms with Crippen molar-refractivity contribution in [1.82, 2.24) is 20.0 Å². The molecular weight excluding hydrogens is 380 g/mol. The van der Waals surface area contributed by atoms with Crippen molar-refractivity contribution in [1.29, 1.82) is 0 Å². The van der Waals surface area contributed by atoms with Crippen LogP contribution in [0.2, 0.25) is 0 Å². The summed E-state index contributed by atoms with van der Waals surface area (Å²) in [4.78, 5) is 16.8. The SMILES string of the molecule is COc1ccccc1CC(=O)NCCn1cccc1-c1nc(-c2ccccc2)no1. The Morgan fingerprint density at radius 2 is 1.87 bits per heavy atom. The summed E-state index contributed by atoms with van der Waals surface area (Å²) >= 11 is 0. The second-order valence-corrected chi connectivity index (χ2v) is 6.71. The van der Waals surface area contributed by atoms with E-state index < -0.39 is 0 Å². The quantitative estimate of drug-likeness (QED) is 0.487. The van der Waals surface area contributed by atoms with Crippen molar-refractivity contribution in [3.63, 3.8) is 0 Å². The highest BCUT2D eigenvalue weighted by Crippen LogP contribution is 2.22. The highest BCUT2D eigenvalue weighted by atomic mass is 16.5. The van der Waals surface area contributed by atoms with Crippen LogP contribution in [-0.4, -0.2) is 34.3 Å². The number of para-hydroxylation sites is 1. The Morgan fingerprint density at radius 1 is 1.07 bits per heavy atom. The lowest BCUT2D eigenvalue weighted by Gasteiger charge is -2.10. The second kappa shape index (κ2) is 9.09. The minimum atomic E-state index is -0.0580. The maximum absolute atomic E-state index is 12.3. The van der Waals surface area contributed by atoms with Crippen molar-refractivity contribution in [3.05, 3.63) is 78.5 Å². The van der Waals surface area contributed by atoms with Crippen LogP contribution in [0.15, 0.2) is 77.4 Å². The minimum Gasteiger partial charge on any atom is -0.496 e. The van der Waals surface area contributed by atoms with Crippen molar-refractivity contribution in [2.45, 2.75) is 13.0 Å². The summed E-state index contributed by atoms with van der Waals surface area (Å²) in [7, 11) is 1.60. The molecule has 2 heterocycles. The maximum atomic E-state index is 12.3. The largest absolute Gasteiger partial charge is 0.496 e. The lowest BCUT2D eigenvalue weighted by molar-refractivity contribution is -0.120. The Kier molecular flexibility index (Phi) is 5.89. The number of carbonyl (C=O) groups is 1. The predicted octanol–water partition coefficient (Wildman–Crippen LogP) is 3.57. The number of rotatable bonds is 8. The van der Waals surface area contributed by atoms with Crippen LogP contribution in [0.5, 0.6) is 5.75 Å². The van der Waals surface area contributed by atoms with Crippen LogP contribution in [0.25, 0.3) is 23.0 Å². The predicted molar refractivity (Wildman–Crippen MR) is 113 cm³/mol. The molecule has 0 saturated heterocycles. The lowest BCUT2D eigenvalue weighted by atomic mass is 10.1. The summed E-state index contributed by atoms with van der Waals surface area (Å²) in [6, 6.07) is 21.0. The number of carbonyl (C=O) groups excluding carboxylic acids is 1. The first-order valence-corrected chi connectivity index (χ1v) is 9.68. The van der Waals surface area contributed by atoms with E-state index in [0.29, 0.717) is 30.6 Å². The van der Waals surface area contributed by atoms with Gasteiger partial charge in [0.15, 0.2) is 0 Å². The number of nitrogens with zero attached hydrogens (tertiary/aromatic N) is 3. The van der Waals surface area contributed by atoms with Crippen LogP contribution in [0.1, 0.15) is 5.56 Å². The van der Waals surface area contributed by atoms with E-state index in [1.165, 1.54) is 0 Å². The summed E-state index contributed by atoms with van der Waals surface area (Å²) in [5.41, 5.74) is 2.57. The third-order valence-corrected chi connectivity index (χ3v) is 4.73. The molecule has 30 heavy (non-hydrogen) atoms. The van der Waals surface area contributed by atoms with Crippen molar-refractivity contribution in [2.24, 2.45) is 0 Å². The van der Waals surface area contributed by atoms with E-state index in [0.717, 1.165) is 16.8 Å². The number of aromatic nitrogens is 3. The Labute approximate surface area is 174 Å². The molecule has 0 aliphatic heterocycles. The fourth-order valence-electron chi connectivity index (χ4n) is 3.24. The average molecular weight is 402 g/mol. The molecule has 0 radical (unpaired) electrons. The monoisotopic (exact) mass is 402 g/mol. The van der Waals surface area contributed by atoms with Gasteiger partial charge in [-0.3, -0.25) is 4.79 Å². The third-order valence-electron chi connectivity index (χ3n) is 4.73. The van der Waals surface area contributed by atoms with Crippen molar-refractivity contribution < 1.29 is 14.1 Å². The third kappa shape index (κ3) is 4.41. The van der Waals surface area contributed by atoms with Gasteiger partial charge in [-0.15, -0.1) is 0 Å². The summed E-state index contributed by atoms with van der Waals surface area (Å²) in [5, 5.41) is 7.02. The van der Waals surface area contributed by atoms with E-state index in [1.807, 2.05) is 77.5 Å². The first kappa shape index (κ1) is 19.4. The van der Waals surface area contributed by atoms with Crippen LogP contribution < -0.4 is 10.1 Å². The van der Waals surface area contributed by atoms with E-state index in [2.05, 4.69) is 15.5 Å². The number of benzene rings is 2. The lowest BCUT2D eigenvalue weighted by Crippen LogP contribution is -2.28. The molecule has 7 heteroatoms. The van der Waals surface area contributed by atoms with Gasteiger partial charge in [0.2, 0.25) is 11.7 Å². The smallest absolute Gasteiger partial charge is 0.274 e. The van der Waals surface area contributed by atoms with Gasteiger partial charge in [0, 0.05) is 30.4 Å². The van der Waals surface area contributed by atoms with E-state index in [-0.39, 0.29) is 12.3 Å². The van der Waals surface area contributed by atoms with Gasteiger partial charge in [0.25, 0.3) is 5.89 Å². The zero-order valence-electron chi connectivity index (χ0n) is 16.6. The molecule has 0 saturated carbocycles. The number of amides is 1. The van der Waals surface area contributed by atoms with E-state index >= 15 is 0 Å². The standard InChI is InChI=1S/C23H22N4O3/c1-29-20-12-6-5-10-18(20)16-21(28)24-13-15-27-14-7-11-19(27)23-25-22(26-30-23)17-8-3-2-4-9-17/h2-12,14H,13,15-16H2,1H3,(H,24,28). The number of methoxy groups -OCH3 is 1. The summed E-state index contributed by atoms with van der Waals surface area (Å²) < 4.78 is 12.7. The van der Waals surface area contributed by atoms with Gasteiger partial charge in [-0.2, -0.15) is 4.98 Å². The molecule has 0 unspecified atom stereocenters.